The second kappa shape index (κ2) is 4.70. The highest BCUT2D eigenvalue weighted by Gasteiger charge is 2.41. The van der Waals surface area contributed by atoms with Crippen LogP contribution < -0.4 is 0 Å². The van der Waals surface area contributed by atoms with Gasteiger partial charge in [0, 0.05) is 18.4 Å². The summed E-state index contributed by atoms with van der Waals surface area (Å²) in [6.45, 7) is 4.15. The van der Waals surface area contributed by atoms with Gasteiger partial charge in [0.05, 0.1) is 0 Å². The van der Waals surface area contributed by atoms with Gasteiger partial charge in [0.2, 0.25) is 11.8 Å². The third-order valence-corrected chi connectivity index (χ3v) is 3.53. The van der Waals surface area contributed by atoms with Crippen LogP contribution >= 0.6 is 0 Å². The van der Waals surface area contributed by atoms with Crippen LogP contribution in [0.5, 0.6) is 0 Å². The minimum atomic E-state index is -0.168. The van der Waals surface area contributed by atoms with E-state index in [1.54, 1.807) is 0 Å². The van der Waals surface area contributed by atoms with Crippen molar-refractivity contribution in [3.8, 4) is 0 Å². The standard InChI is InChI=1S/C14H17NO2/c1-10-11(2)14(17)15(13(10)16)9-8-12-6-4-3-5-7-12/h3-7,10-11H,8-9H2,1-2H3/t10-,11+. The summed E-state index contributed by atoms with van der Waals surface area (Å²) in [5.41, 5.74) is 1.15. The molecule has 0 saturated carbocycles. The van der Waals surface area contributed by atoms with Crippen LogP contribution in [0.4, 0.5) is 0 Å². The molecule has 0 aromatic heterocycles. The first-order valence-electron chi connectivity index (χ1n) is 6.00. The van der Waals surface area contributed by atoms with Crippen molar-refractivity contribution >= 4 is 11.8 Å². The molecule has 1 heterocycles. The smallest absolute Gasteiger partial charge is 0.232 e. The predicted octanol–water partition coefficient (Wildman–Crippen LogP) is 1.87. The molecular formula is C14H17NO2. The first-order chi connectivity index (χ1) is 8.11. The topological polar surface area (TPSA) is 37.4 Å². The summed E-state index contributed by atoms with van der Waals surface area (Å²) in [5, 5.41) is 0. The third-order valence-electron chi connectivity index (χ3n) is 3.53. The first kappa shape index (κ1) is 11.8. The Balaban J connectivity index is 2.01. The van der Waals surface area contributed by atoms with E-state index < -0.39 is 0 Å². The highest BCUT2D eigenvalue weighted by atomic mass is 16.2. The molecule has 3 nitrogen and oxygen atoms in total. The van der Waals surface area contributed by atoms with Gasteiger partial charge in [-0.05, 0) is 12.0 Å². The van der Waals surface area contributed by atoms with Gasteiger partial charge in [0.15, 0.2) is 0 Å². The zero-order valence-corrected chi connectivity index (χ0v) is 10.2. The zero-order valence-electron chi connectivity index (χ0n) is 10.2. The molecule has 90 valence electrons. The summed E-state index contributed by atoms with van der Waals surface area (Å²) in [7, 11) is 0. The lowest BCUT2D eigenvalue weighted by Gasteiger charge is -2.14. The molecule has 0 spiro atoms. The molecule has 3 heteroatoms. The maximum absolute atomic E-state index is 11.9. The van der Waals surface area contributed by atoms with Crippen molar-refractivity contribution in [3.05, 3.63) is 35.9 Å². The predicted molar refractivity (Wildman–Crippen MR) is 65.2 cm³/mol. The molecule has 0 N–H and O–H groups in total. The SMILES string of the molecule is C[C@@H]1C(=O)N(CCc2ccccc2)C(=O)[C@@H]1C. The summed E-state index contributed by atoms with van der Waals surface area (Å²) in [5.74, 6) is -0.395. The van der Waals surface area contributed by atoms with Crippen LogP contribution in [-0.2, 0) is 16.0 Å². The van der Waals surface area contributed by atoms with E-state index in [1.165, 1.54) is 4.90 Å². The first-order valence-corrected chi connectivity index (χ1v) is 6.00. The summed E-state index contributed by atoms with van der Waals surface area (Å²) >= 11 is 0. The Morgan fingerprint density at radius 3 is 2.06 bits per heavy atom. The number of carbonyl (C=O) groups excluding carboxylic acids is 2. The fraction of sp³-hybridized carbons (Fsp3) is 0.429. The average Bonchev–Trinajstić information content (AvgIpc) is 2.54. The van der Waals surface area contributed by atoms with E-state index in [-0.39, 0.29) is 23.7 Å². The Bertz CT molecular complexity index is 407. The normalized spacial score (nSPS) is 24.5. The van der Waals surface area contributed by atoms with Crippen molar-refractivity contribution in [1.29, 1.82) is 0 Å². The van der Waals surface area contributed by atoms with E-state index >= 15 is 0 Å². The molecule has 0 radical (unpaired) electrons. The fourth-order valence-electron chi connectivity index (χ4n) is 2.13. The Hall–Kier alpha value is -1.64. The van der Waals surface area contributed by atoms with Crippen molar-refractivity contribution in [1.82, 2.24) is 4.90 Å². The molecule has 2 rings (SSSR count). The Morgan fingerprint density at radius 1 is 1.00 bits per heavy atom. The van der Waals surface area contributed by atoms with Gasteiger partial charge in [0.1, 0.15) is 0 Å². The lowest BCUT2D eigenvalue weighted by molar-refractivity contribution is -0.139. The third kappa shape index (κ3) is 2.23. The summed E-state index contributed by atoms with van der Waals surface area (Å²) < 4.78 is 0. The molecule has 1 aliphatic heterocycles. The molecule has 2 amide bonds. The summed E-state index contributed by atoms with van der Waals surface area (Å²) in [6, 6.07) is 9.91. The lowest BCUT2D eigenvalue weighted by Crippen LogP contribution is -2.32. The lowest BCUT2D eigenvalue weighted by atomic mass is 10.00. The van der Waals surface area contributed by atoms with E-state index in [2.05, 4.69) is 0 Å². The summed E-state index contributed by atoms with van der Waals surface area (Å²) in [4.78, 5) is 25.1. The van der Waals surface area contributed by atoms with Gasteiger partial charge in [-0.15, -0.1) is 0 Å². The number of benzene rings is 1. The van der Waals surface area contributed by atoms with Gasteiger partial charge in [-0.3, -0.25) is 14.5 Å². The number of rotatable bonds is 3. The van der Waals surface area contributed by atoms with Crippen LogP contribution in [0.15, 0.2) is 30.3 Å². The maximum atomic E-state index is 11.9. The van der Waals surface area contributed by atoms with E-state index in [9.17, 15) is 9.59 Å². The number of amides is 2. The molecule has 1 saturated heterocycles. The quantitative estimate of drug-likeness (QED) is 0.745. The van der Waals surface area contributed by atoms with Crippen molar-refractivity contribution in [2.75, 3.05) is 6.54 Å². The van der Waals surface area contributed by atoms with E-state index in [0.29, 0.717) is 6.54 Å². The molecule has 2 atom stereocenters. The largest absolute Gasteiger partial charge is 0.282 e. The van der Waals surface area contributed by atoms with Gasteiger partial charge < -0.3 is 0 Å². The molecule has 0 bridgehead atoms. The summed E-state index contributed by atoms with van der Waals surface area (Å²) in [6.07, 6.45) is 0.734. The van der Waals surface area contributed by atoms with Gasteiger partial charge in [-0.2, -0.15) is 0 Å². The Morgan fingerprint density at radius 2 is 1.53 bits per heavy atom. The molecule has 1 aromatic carbocycles. The fourth-order valence-corrected chi connectivity index (χ4v) is 2.13. The van der Waals surface area contributed by atoms with Crippen molar-refractivity contribution in [3.63, 3.8) is 0 Å². The van der Waals surface area contributed by atoms with Crippen LogP contribution in [0.2, 0.25) is 0 Å². The van der Waals surface area contributed by atoms with E-state index in [0.717, 1.165) is 12.0 Å². The Kier molecular flexibility index (Phi) is 3.27. The molecule has 17 heavy (non-hydrogen) atoms. The van der Waals surface area contributed by atoms with Gasteiger partial charge in [0.25, 0.3) is 0 Å². The molecule has 1 aromatic rings. The second-order valence-corrected chi connectivity index (χ2v) is 4.64. The van der Waals surface area contributed by atoms with Crippen LogP contribution in [0.25, 0.3) is 0 Å². The monoisotopic (exact) mass is 231 g/mol. The molecular weight excluding hydrogens is 214 g/mol. The van der Waals surface area contributed by atoms with E-state index in [1.807, 2.05) is 44.2 Å². The number of likely N-dealkylation sites (tertiary alicyclic amines) is 1. The number of hydrogen-bond donors (Lipinski definition) is 0. The number of imide groups is 1. The van der Waals surface area contributed by atoms with Crippen LogP contribution in [0, 0.1) is 11.8 Å². The minimum Gasteiger partial charge on any atom is -0.282 e. The van der Waals surface area contributed by atoms with E-state index in [4.69, 9.17) is 0 Å². The van der Waals surface area contributed by atoms with Crippen LogP contribution in [0.1, 0.15) is 19.4 Å². The average molecular weight is 231 g/mol. The molecule has 1 aliphatic rings. The minimum absolute atomic E-state index is 0.0292. The van der Waals surface area contributed by atoms with Gasteiger partial charge in [-0.1, -0.05) is 44.2 Å². The molecule has 0 aliphatic carbocycles. The zero-order chi connectivity index (χ0) is 12.4. The highest BCUT2D eigenvalue weighted by molar-refractivity contribution is 6.04. The van der Waals surface area contributed by atoms with Gasteiger partial charge in [-0.25, -0.2) is 0 Å². The van der Waals surface area contributed by atoms with Crippen molar-refractivity contribution < 1.29 is 9.59 Å². The molecule has 0 unspecified atom stereocenters. The van der Waals surface area contributed by atoms with Crippen molar-refractivity contribution in [2.45, 2.75) is 20.3 Å². The van der Waals surface area contributed by atoms with Gasteiger partial charge >= 0.3 is 0 Å². The van der Waals surface area contributed by atoms with Crippen LogP contribution in [0.3, 0.4) is 0 Å². The molecule has 1 fully saturated rings. The van der Waals surface area contributed by atoms with Crippen LogP contribution in [-0.4, -0.2) is 23.3 Å². The maximum Gasteiger partial charge on any atom is 0.232 e. The van der Waals surface area contributed by atoms with Crippen molar-refractivity contribution in [2.24, 2.45) is 11.8 Å². The number of carbonyl (C=O) groups is 2. The Labute approximate surface area is 101 Å². The number of hydrogen-bond acceptors (Lipinski definition) is 2. The second-order valence-electron chi connectivity index (χ2n) is 4.64. The number of nitrogens with zero attached hydrogens (tertiary/aromatic N) is 1. The highest BCUT2D eigenvalue weighted by Crippen LogP contribution is 2.25.